The quantitative estimate of drug-likeness (QED) is 0.819. The molecular formula is C17H22N2O3S2. The van der Waals surface area contributed by atoms with E-state index in [-0.39, 0.29) is 16.7 Å². The van der Waals surface area contributed by atoms with Gasteiger partial charge in [-0.1, -0.05) is 38.1 Å². The summed E-state index contributed by atoms with van der Waals surface area (Å²) in [6.07, 6.45) is 1.60. The number of amides is 1. The number of thiophene rings is 1. The molecule has 1 aromatic heterocycles. The molecule has 1 amide bonds. The third-order valence-corrected chi connectivity index (χ3v) is 6.97. The molecule has 0 bridgehead atoms. The topological polar surface area (TPSA) is 66.5 Å². The first kappa shape index (κ1) is 18.6. The summed E-state index contributed by atoms with van der Waals surface area (Å²) in [5.41, 5.74) is 2.90. The lowest BCUT2D eigenvalue weighted by Crippen LogP contribution is -2.35. The van der Waals surface area contributed by atoms with E-state index in [0.29, 0.717) is 0 Å². The molecule has 0 aliphatic rings. The minimum atomic E-state index is -3.62. The van der Waals surface area contributed by atoms with Crippen LogP contribution in [-0.4, -0.2) is 32.2 Å². The maximum Gasteiger partial charge on any atom is 0.252 e. The van der Waals surface area contributed by atoms with E-state index in [9.17, 15) is 13.2 Å². The van der Waals surface area contributed by atoms with Gasteiger partial charge in [0.25, 0.3) is 10.0 Å². The Kier molecular flexibility index (Phi) is 6.15. The molecule has 0 aliphatic heterocycles. The van der Waals surface area contributed by atoms with E-state index in [1.165, 1.54) is 13.1 Å². The molecule has 2 rings (SSSR count). The lowest BCUT2D eigenvalue weighted by Gasteiger charge is -2.18. The first-order valence-electron chi connectivity index (χ1n) is 7.80. The predicted molar refractivity (Wildman–Crippen MR) is 98.0 cm³/mol. The Bertz CT molecular complexity index is 777. The van der Waals surface area contributed by atoms with Gasteiger partial charge in [0, 0.05) is 12.7 Å². The van der Waals surface area contributed by atoms with E-state index < -0.39 is 10.0 Å². The highest BCUT2D eigenvalue weighted by Gasteiger charge is 2.24. The lowest BCUT2D eigenvalue weighted by atomic mass is 10.0. The number of nitrogens with zero attached hydrogens (tertiary/aromatic N) is 1. The Morgan fingerprint density at radius 3 is 2.25 bits per heavy atom. The van der Waals surface area contributed by atoms with Crippen molar-refractivity contribution in [3.63, 3.8) is 0 Å². The van der Waals surface area contributed by atoms with E-state index in [0.717, 1.165) is 45.3 Å². The number of aryl methyl sites for hydroxylation is 2. The zero-order chi connectivity index (χ0) is 17.7. The van der Waals surface area contributed by atoms with Gasteiger partial charge in [0.15, 0.2) is 0 Å². The Labute approximate surface area is 147 Å². The van der Waals surface area contributed by atoms with Crippen molar-refractivity contribution < 1.29 is 13.2 Å². The van der Waals surface area contributed by atoms with Gasteiger partial charge in [-0.05, 0) is 35.4 Å². The second-order valence-electron chi connectivity index (χ2n) is 5.40. The SMILES string of the molecule is CCc1cccc(CC)c1NC(=O)CN(C)S(=O)(=O)c1cccs1. The van der Waals surface area contributed by atoms with Crippen LogP contribution in [0.2, 0.25) is 0 Å². The Hall–Kier alpha value is -1.70. The van der Waals surface area contributed by atoms with Crippen LogP contribution < -0.4 is 5.32 Å². The van der Waals surface area contributed by atoms with Crippen molar-refractivity contribution in [2.45, 2.75) is 30.9 Å². The highest BCUT2D eigenvalue weighted by atomic mass is 32.2. The number of benzene rings is 1. The van der Waals surface area contributed by atoms with E-state index in [1.54, 1.807) is 11.4 Å². The zero-order valence-corrected chi connectivity index (χ0v) is 15.7. The summed E-state index contributed by atoms with van der Waals surface area (Å²) in [6, 6.07) is 9.13. The van der Waals surface area contributed by atoms with Gasteiger partial charge in [0.2, 0.25) is 5.91 Å². The van der Waals surface area contributed by atoms with Crippen molar-refractivity contribution in [2.75, 3.05) is 18.9 Å². The summed E-state index contributed by atoms with van der Waals surface area (Å²) in [4.78, 5) is 12.4. The fraction of sp³-hybridized carbons (Fsp3) is 0.353. The number of carbonyl (C=O) groups is 1. The van der Waals surface area contributed by atoms with E-state index in [2.05, 4.69) is 5.32 Å². The first-order chi connectivity index (χ1) is 11.4. The van der Waals surface area contributed by atoms with Crippen LogP contribution in [0.1, 0.15) is 25.0 Å². The molecule has 1 heterocycles. The smallest absolute Gasteiger partial charge is 0.252 e. The fourth-order valence-corrected chi connectivity index (χ4v) is 4.76. The molecule has 24 heavy (non-hydrogen) atoms. The number of carbonyl (C=O) groups excluding carboxylic acids is 1. The minimum Gasteiger partial charge on any atom is -0.324 e. The van der Waals surface area contributed by atoms with E-state index in [1.807, 2.05) is 32.0 Å². The first-order valence-corrected chi connectivity index (χ1v) is 10.1. The number of likely N-dealkylation sites (N-methyl/N-ethyl adjacent to an activating group) is 1. The number of hydrogen-bond donors (Lipinski definition) is 1. The average Bonchev–Trinajstić information content (AvgIpc) is 3.10. The molecule has 130 valence electrons. The van der Waals surface area contributed by atoms with Crippen LogP contribution in [-0.2, 0) is 27.7 Å². The maximum absolute atomic E-state index is 12.4. The summed E-state index contributed by atoms with van der Waals surface area (Å²) >= 11 is 1.14. The van der Waals surface area contributed by atoms with Crippen molar-refractivity contribution >= 4 is 33.0 Å². The van der Waals surface area contributed by atoms with Crippen molar-refractivity contribution in [3.05, 3.63) is 46.8 Å². The highest BCUT2D eigenvalue weighted by molar-refractivity contribution is 7.91. The normalized spacial score (nSPS) is 11.7. The molecule has 1 aromatic carbocycles. The largest absolute Gasteiger partial charge is 0.324 e. The molecule has 0 unspecified atom stereocenters. The Balaban J connectivity index is 2.14. The molecule has 7 heteroatoms. The van der Waals surface area contributed by atoms with Gasteiger partial charge < -0.3 is 5.32 Å². The predicted octanol–water partition coefficient (Wildman–Crippen LogP) is 3.13. The molecule has 0 radical (unpaired) electrons. The molecule has 0 saturated heterocycles. The fourth-order valence-electron chi connectivity index (χ4n) is 2.43. The molecule has 0 saturated carbocycles. The number of anilines is 1. The van der Waals surface area contributed by atoms with Crippen molar-refractivity contribution in [1.29, 1.82) is 0 Å². The average molecular weight is 367 g/mol. The van der Waals surface area contributed by atoms with Crippen LogP contribution in [0, 0.1) is 0 Å². The standard InChI is InChI=1S/C17H22N2O3S2/c1-4-13-8-6-9-14(5-2)17(13)18-15(20)12-19(3)24(21,22)16-10-7-11-23-16/h6-11H,4-5,12H2,1-3H3,(H,18,20). The number of rotatable bonds is 7. The van der Waals surface area contributed by atoms with Gasteiger partial charge in [0.1, 0.15) is 4.21 Å². The number of nitrogens with one attached hydrogen (secondary N) is 1. The third-order valence-electron chi connectivity index (χ3n) is 3.79. The molecule has 0 atom stereocenters. The maximum atomic E-state index is 12.4. The molecule has 0 aliphatic carbocycles. The van der Waals surface area contributed by atoms with Crippen molar-refractivity contribution in [3.8, 4) is 0 Å². The number of sulfonamides is 1. The number of hydrogen-bond acceptors (Lipinski definition) is 4. The molecular weight excluding hydrogens is 344 g/mol. The summed E-state index contributed by atoms with van der Waals surface area (Å²) < 4.78 is 26.1. The molecule has 5 nitrogen and oxygen atoms in total. The van der Waals surface area contributed by atoms with Crippen LogP contribution in [0.3, 0.4) is 0 Å². The van der Waals surface area contributed by atoms with Gasteiger partial charge in [-0.3, -0.25) is 4.79 Å². The van der Waals surface area contributed by atoms with Gasteiger partial charge >= 0.3 is 0 Å². The summed E-state index contributed by atoms with van der Waals surface area (Å²) in [5, 5.41) is 4.59. The monoisotopic (exact) mass is 366 g/mol. The van der Waals surface area contributed by atoms with Crippen molar-refractivity contribution in [1.82, 2.24) is 4.31 Å². The Morgan fingerprint density at radius 1 is 1.12 bits per heavy atom. The van der Waals surface area contributed by atoms with Crippen molar-refractivity contribution in [2.24, 2.45) is 0 Å². The van der Waals surface area contributed by atoms with Gasteiger partial charge in [-0.25, -0.2) is 8.42 Å². The molecule has 1 N–H and O–H groups in total. The molecule has 0 fully saturated rings. The van der Waals surface area contributed by atoms with E-state index >= 15 is 0 Å². The summed E-state index contributed by atoms with van der Waals surface area (Å²) in [6.45, 7) is 3.83. The van der Waals surface area contributed by atoms with Gasteiger partial charge in [-0.2, -0.15) is 4.31 Å². The third kappa shape index (κ3) is 4.03. The number of para-hydroxylation sites is 1. The van der Waals surface area contributed by atoms with Crippen LogP contribution in [0.5, 0.6) is 0 Å². The highest BCUT2D eigenvalue weighted by Crippen LogP contribution is 2.23. The summed E-state index contributed by atoms with van der Waals surface area (Å²) in [7, 11) is -2.21. The van der Waals surface area contributed by atoms with Gasteiger partial charge in [0.05, 0.1) is 6.54 Å². The van der Waals surface area contributed by atoms with Crippen LogP contribution in [0.4, 0.5) is 5.69 Å². The molecule has 2 aromatic rings. The lowest BCUT2D eigenvalue weighted by molar-refractivity contribution is -0.116. The van der Waals surface area contributed by atoms with E-state index in [4.69, 9.17) is 0 Å². The zero-order valence-electron chi connectivity index (χ0n) is 14.1. The van der Waals surface area contributed by atoms with Gasteiger partial charge in [-0.15, -0.1) is 11.3 Å². The van der Waals surface area contributed by atoms with Crippen LogP contribution in [0.15, 0.2) is 39.9 Å². The minimum absolute atomic E-state index is 0.221. The van der Waals surface area contributed by atoms with Crippen LogP contribution >= 0.6 is 11.3 Å². The molecule has 0 spiro atoms. The second-order valence-corrected chi connectivity index (χ2v) is 8.62. The van der Waals surface area contributed by atoms with Crippen LogP contribution in [0.25, 0.3) is 0 Å². The Morgan fingerprint density at radius 2 is 1.75 bits per heavy atom. The summed E-state index contributed by atoms with van der Waals surface area (Å²) in [5.74, 6) is -0.340. The second kappa shape index (κ2) is 7.92.